The fourth-order valence-corrected chi connectivity index (χ4v) is 0.607. The number of nitrogens with one attached hydrogen (secondary N) is 2. The zero-order chi connectivity index (χ0) is 9.56. The second-order valence-corrected chi connectivity index (χ2v) is 2.34. The molecule has 4 N–H and O–H groups in total. The first-order valence-corrected chi connectivity index (χ1v) is 3.60. The van der Waals surface area contributed by atoms with Crippen LogP contribution >= 0.6 is 0 Å². The first kappa shape index (κ1) is 10.7. The van der Waals surface area contributed by atoms with Crippen LogP contribution in [0.1, 0.15) is 13.8 Å². The highest BCUT2D eigenvalue weighted by atomic mass is 16.6. The van der Waals surface area contributed by atoms with Gasteiger partial charge in [-0.05, 0) is 19.4 Å². The lowest BCUT2D eigenvalue weighted by molar-refractivity contribution is 0.128. The minimum atomic E-state index is 0.540. The summed E-state index contributed by atoms with van der Waals surface area (Å²) in [6, 6.07) is 0. The lowest BCUT2D eigenvalue weighted by atomic mass is 10.2. The van der Waals surface area contributed by atoms with E-state index in [9.17, 15) is 0 Å². The van der Waals surface area contributed by atoms with Crippen LogP contribution < -0.4 is 11.2 Å². The molecule has 0 rings (SSSR count). The quantitative estimate of drug-likeness (QED) is 0.254. The number of hydrogen-bond donors (Lipinski definition) is 3. The predicted octanol–water partition coefficient (Wildman–Crippen LogP) is 0.923. The molecular weight excluding hydrogens is 154 g/mol. The van der Waals surface area contributed by atoms with E-state index in [1.165, 1.54) is 6.21 Å². The summed E-state index contributed by atoms with van der Waals surface area (Å²) in [4.78, 5) is 4.93. The van der Waals surface area contributed by atoms with Gasteiger partial charge in [-0.2, -0.15) is 5.48 Å². The SMILES string of the molecule is CNO/C(C)=C/C(N)=C(C)C=N. The van der Waals surface area contributed by atoms with Crippen molar-refractivity contribution in [3.63, 3.8) is 0 Å². The summed E-state index contributed by atoms with van der Waals surface area (Å²) in [5.74, 6) is 0.663. The molecule has 68 valence electrons. The van der Waals surface area contributed by atoms with E-state index in [4.69, 9.17) is 16.0 Å². The molecule has 0 spiro atoms. The number of hydroxylamine groups is 1. The normalized spacial score (nSPS) is 13.8. The summed E-state index contributed by atoms with van der Waals surface area (Å²) in [6.07, 6.45) is 2.87. The van der Waals surface area contributed by atoms with Gasteiger partial charge >= 0.3 is 0 Å². The molecule has 0 aromatic rings. The Bertz CT molecular complexity index is 218. The summed E-state index contributed by atoms with van der Waals surface area (Å²) < 4.78 is 0. The van der Waals surface area contributed by atoms with Crippen LogP contribution in [0.3, 0.4) is 0 Å². The van der Waals surface area contributed by atoms with Crippen LogP contribution in [0.5, 0.6) is 0 Å². The molecule has 0 heterocycles. The third-order valence-electron chi connectivity index (χ3n) is 1.29. The molecule has 0 atom stereocenters. The summed E-state index contributed by atoms with van der Waals surface area (Å²) in [5, 5.41) is 6.94. The van der Waals surface area contributed by atoms with Crippen LogP contribution in [-0.4, -0.2) is 13.3 Å². The van der Waals surface area contributed by atoms with Crippen molar-refractivity contribution in [3.05, 3.63) is 23.1 Å². The maximum Gasteiger partial charge on any atom is 0.123 e. The van der Waals surface area contributed by atoms with Crippen LogP contribution in [0.15, 0.2) is 23.1 Å². The van der Waals surface area contributed by atoms with Crippen molar-refractivity contribution in [2.45, 2.75) is 13.8 Å². The molecule has 0 radical (unpaired) electrons. The molecule has 0 bridgehead atoms. The summed E-state index contributed by atoms with van der Waals surface area (Å²) >= 11 is 0. The molecule has 0 fully saturated rings. The van der Waals surface area contributed by atoms with E-state index in [1.54, 1.807) is 27.0 Å². The Hall–Kier alpha value is -1.29. The Labute approximate surface area is 72.6 Å². The molecule has 0 amide bonds. The number of hydrogen-bond acceptors (Lipinski definition) is 4. The minimum Gasteiger partial charge on any atom is -0.414 e. The smallest absolute Gasteiger partial charge is 0.123 e. The highest BCUT2D eigenvalue weighted by Gasteiger charge is 1.93. The maximum absolute atomic E-state index is 6.94. The molecule has 0 aromatic carbocycles. The van der Waals surface area contributed by atoms with Crippen molar-refractivity contribution in [2.24, 2.45) is 5.73 Å². The average molecular weight is 169 g/mol. The van der Waals surface area contributed by atoms with E-state index in [0.717, 1.165) is 0 Å². The van der Waals surface area contributed by atoms with Crippen molar-refractivity contribution in [1.82, 2.24) is 5.48 Å². The topological polar surface area (TPSA) is 71.1 Å². The monoisotopic (exact) mass is 169 g/mol. The number of allylic oxidation sites excluding steroid dienone is 3. The first-order valence-electron chi connectivity index (χ1n) is 3.60. The predicted molar refractivity (Wildman–Crippen MR) is 49.6 cm³/mol. The standard InChI is InChI=1S/C8H15N3O/c1-6(5-9)8(10)4-7(2)12-11-3/h4-5,9,11H,10H2,1-3H3/b7-4+,8-6?,9-5?. The molecule has 0 aliphatic carbocycles. The molecule has 12 heavy (non-hydrogen) atoms. The zero-order valence-electron chi connectivity index (χ0n) is 7.64. The van der Waals surface area contributed by atoms with E-state index in [-0.39, 0.29) is 0 Å². The van der Waals surface area contributed by atoms with Crippen molar-refractivity contribution >= 4 is 6.21 Å². The van der Waals surface area contributed by atoms with Crippen LogP contribution in [0, 0.1) is 5.41 Å². The van der Waals surface area contributed by atoms with Gasteiger partial charge in [-0.15, -0.1) is 0 Å². The van der Waals surface area contributed by atoms with E-state index >= 15 is 0 Å². The molecule has 4 heteroatoms. The Morgan fingerprint density at radius 2 is 2.08 bits per heavy atom. The molecule has 0 aromatic heterocycles. The summed E-state index contributed by atoms with van der Waals surface area (Å²) in [6.45, 7) is 3.55. The molecular formula is C8H15N3O. The van der Waals surface area contributed by atoms with Gasteiger partial charge in [0.05, 0.1) is 0 Å². The summed E-state index contributed by atoms with van der Waals surface area (Å²) in [7, 11) is 1.67. The number of nitrogens with two attached hydrogens (primary N) is 1. The van der Waals surface area contributed by atoms with Crippen molar-refractivity contribution in [1.29, 1.82) is 5.41 Å². The Morgan fingerprint density at radius 3 is 2.50 bits per heavy atom. The van der Waals surface area contributed by atoms with Crippen LogP contribution in [0.25, 0.3) is 0 Å². The van der Waals surface area contributed by atoms with Crippen molar-refractivity contribution in [2.75, 3.05) is 7.05 Å². The highest BCUT2D eigenvalue weighted by molar-refractivity contribution is 5.76. The second kappa shape index (κ2) is 5.37. The Morgan fingerprint density at radius 1 is 1.50 bits per heavy atom. The van der Waals surface area contributed by atoms with Crippen molar-refractivity contribution < 1.29 is 4.84 Å². The molecule has 0 aliphatic rings. The average Bonchev–Trinajstić information content (AvgIpc) is 2.03. The van der Waals surface area contributed by atoms with Gasteiger partial charge in [-0.25, -0.2) is 0 Å². The first-order chi connectivity index (χ1) is 5.61. The Kier molecular flexibility index (Phi) is 4.79. The van der Waals surface area contributed by atoms with Crippen LogP contribution in [-0.2, 0) is 4.84 Å². The third-order valence-corrected chi connectivity index (χ3v) is 1.29. The van der Waals surface area contributed by atoms with E-state index in [2.05, 4.69) is 5.48 Å². The van der Waals surface area contributed by atoms with Crippen molar-refractivity contribution in [3.8, 4) is 0 Å². The fourth-order valence-electron chi connectivity index (χ4n) is 0.607. The molecule has 0 unspecified atom stereocenters. The third kappa shape index (κ3) is 3.78. The van der Waals surface area contributed by atoms with Gasteiger partial charge in [-0.3, -0.25) is 0 Å². The fraction of sp³-hybridized carbons (Fsp3) is 0.375. The minimum absolute atomic E-state index is 0.540. The lowest BCUT2D eigenvalue weighted by Crippen LogP contribution is -2.07. The van der Waals surface area contributed by atoms with Gasteiger partial charge < -0.3 is 16.0 Å². The molecule has 0 aliphatic heterocycles. The number of rotatable bonds is 4. The molecule has 0 saturated heterocycles. The van der Waals surface area contributed by atoms with Gasteiger partial charge in [0.25, 0.3) is 0 Å². The van der Waals surface area contributed by atoms with Crippen LogP contribution in [0.2, 0.25) is 0 Å². The highest BCUT2D eigenvalue weighted by Crippen LogP contribution is 2.01. The lowest BCUT2D eigenvalue weighted by Gasteiger charge is -2.03. The van der Waals surface area contributed by atoms with Crippen LogP contribution in [0.4, 0.5) is 0 Å². The van der Waals surface area contributed by atoms with Gasteiger partial charge in [0.1, 0.15) is 5.76 Å². The largest absolute Gasteiger partial charge is 0.414 e. The van der Waals surface area contributed by atoms with E-state index < -0.39 is 0 Å². The molecule has 4 nitrogen and oxygen atoms in total. The van der Waals surface area contributed by atoms with Gasteiger partial charge in [0, 0.05) is 25.0 Å². The van der Waals surface area contributed by atoms with Gasteiger partial charge in [0.2, 0.25) is 0 Å². The van der Waals surface area contributed by atoms with Gasteiger partial charge in [0.15, 0.2) is 0 Å². The van der Waals surface area contributed by atoms with E-state index in [1.807, 2.05) is 0 Å². The molecule has 0 saturated carbocycles. The second-order valence-electron chi connectivity index (χ2n) is 2.34. The zero-order valence-corrected chi connectivity index (χ0v) is 7.64. The Balaban J connectivity index is 4.41. The van der Waals surface area contributed by atoms with E-state index in [0.29, 0.717) is 17.0 Å². The maximum atomic E-state index is 6.94. The summed E-state index contributed by atoms with van der Waals surface area (Å²) in [5.41, 5.74) is 9.39. The van der Waals surface area contributed by atoms with Gasteiger partial charge in [-0.1, -0.05) is 0 Å².